The van der Waals surface area contributed by atoms with Gasteiger partial charge in [-0.3, -0.25) is 0 Å². The average molecular weight is 281 g/mol. The highest BCUT2D eigenvalue weighted by Crippen LogP contribution is 2.37. The van der Waals surface area contributed by atoms with Crippen LogP contribution in [0.2, 0.25) is 0 Å². The van der Waals surface area contributed by atoms with Gasteiger partial charge >= 0.3 is 0 Å². The molecule has 4 heteroatoms. The number of thiazole rings is 1. The van der Waals surface area contributed by atoms with Gasteiger partial charge < -0.3 is 9.47 Å². The molecule has 4 rings (SSSR count). The molecule has 0 unspecified atom stereocenters. The van der Waals surface area contributed by atoms with Crippen LogP contribution in [-0.4, -0.2) is 11.8 Å². The van der Waals surface area contributed by atoms with Crippen LogP contribution in [0.25, 0.3) is 21.8 Å². The highest BCUT2D eigenvalue weighted by atomic mass is 32.1. The molecule has 0 bridgehead atoms. The number of fused-ring (bicyclic) bond motifs is 1. The van der Waals surface area contributed by atoms with Crippen LogP contribution in [-0.2, 0) is 0 Å². The second-order valence-electron chi connectivity index (χ2n) is 4.47. The predicted molar refractivity (Wildman–Crippen MR) is 79.1 cm³/mol. The van der Waals surface area contributed by atoms with Gasteiger partial charge in [0, 0.05) is 16.5 Å². The maximum absolute atomic E-state index is 5.41. The summed E-state index contributed by atoms with van der Waals surface area (Å²) in [5, 5.41) is 3.07. The van der Waals surface area contributed by atoms with Crippen molar-refractivity contribution in [3.05, 3.63) is 53.9 Å². The quantitative estimate of drug-likeness (QED) is 0.705. The fourth-order valence-corrected chi connectivity index (χ4v) is 3.00. The lowest BCUT2D eigenvalue weighted by atomic mass is 10.2. The van der Waals surface area contributed by atoms with Crippen LogP contribution in [0.1, 0.15) is 0 Å². The van der Waals surface area contributed by atoms with Crippen LogP contribution in [0, 0.1) is 0 Å². The minimum atomic E-state index is 0.298. The SMILES string of the molecule is c1ccc(-c2csc(-c3ccc4c(c3)OCO4)n2)cc1. The Balaban J connectivity index is 1.72. The number of benzene rings is 2. The third-order valence-corrected chi connectivity index (χ3v) is 4.08. The van der Waals surface area contributed by atoms with Crippen LogP contribution < -0.4 is 9.47 Å². The highest BCUT2D eigenvalue weighted by molar-refractivity contribution is 7.13. The molecule has 0 fully saturated rings. The van der Waals surface area contributed by atoms with E-state index in [-0.39, 0.29) is 0 Å². The molecule has 0 amide bonds. The average Bonchev–Trinajstić information content (AvgIpc) is 3.16. The Morgan fingerprint density at radius 2 is 1.75 bits per heavy atom. The molecule has 20 heavy (non-hydrogen) atoms. The molecule has 0 radical (unpaired) electrons. The van der Waals surface area contributed by atoms with Gasteiger partial charge in [-0.1, -0.05) is 30.3 Å². The summed E-state index contributed by atoms with van der Waals surface area (Å²) >= 11 is 1.64. The molecular formula is C16H11NO2S. The third-order valence-electron chi connectivity index (χ3n) is 3.19. The van der Waals surface area contributed by atoms with Gasteiger partial charge in [-0.15, -0.1) is 11.3 Å². The molecule has 0 atom stereocenters. The fraction of sp³-hybridized carbons (Fsp3) is 0.0625. The van der Waals surface area contributed by atoms with E-state index in [1.807, 2.05) is 36.4 Å². The number of ether oxygens (including phenoxy) is 2. The predicted octanol–water partition coefficient (Wildman–Crippen LogP) is 4.21. The Kier molecular flexibility index (Phi) is 2.67. The smallest absolute Gasteiger partial charge is 0.231 e. The van der Waals surface area contributed by atoms with Gasteiger partial charge in [0.15, 0.2) is 11.5 Å². The zero-order valence-electron chi connectivity index (χ0n) is 10.6. The van der Waals surface area contributed by atoms with E-state index in [0.29, 0.717) is 6.79 Å². The van der Waals surface area contributed by atoms with E-state index in [1.54, 1.807) is 11.3 Å². The van der Waals surface area contributed by atoms with E-state index in [4.69, 9.17) is 14.5 Å². The molecule has 0 saturated carbocycles. The molecule has 0 aliphatic carbocycles. The zero-order valence-corrected chi connectivity index (χ0v) is 11.4. The molecule has 0 saturated heterocycles. The molecule has 0 N–H and O–H groups in total. The fourth-order valence-electron chi connectivity index (χ4n) is 2.18. The van der Waals surface area contributed by atoms with Gasteiger partial charge in [0.2, 0.25) is 6.79 Å². The van der Waals surface area contributed by atoms with Crippen LogP contribution in [0.5, 0.6) is 11.5 Å². The number of hydrogen-bond donors (Lipinski definition) is 0. The minimum absolute atomic E-state index is 0.298. The Hall–Kier alpha value is -2.33. The molecule has 2 aromatic carbocycles. The van der Waals surface area contributed by atoms with E-state index in [9.17, 15) is 0 Å². The van der Waals surface area contributed by atoms with Crippen molar-refractivity contribution in [1.29, 1.82) is 0 Å². The first-order valence-corrected chi connectivity index (χ1v) is 7.19. The minimum Gasteiger partial charge on any atom is -0.454 e. The lowest BCUT2D eigenvalue weighted by molar-refractivity contribution is 0.174. The topological polar surface area (TPSA) is 31.4 Å². The molecule has 98 valence electrons. The van der Waals surface area contributed by atoms with Crippen LogP contribution in [0.4, 0.5) is 0 Å². The summed E-state index contributed by atoms with van der Waals surface area (Å²) < 4.78 is 10.7. The molecule has 1 aliphatic rings. The maximum atomic E-state index is 5.41. The van der Waals surface area contributed by atoms with Crippen molar-refractivity contribution in [3.63, 3.8) is 0 Å². The highest BCUT2D eigenvalue weighted by Gasteiger charge is 2.15. The van der Waals surface area contributed by atoms with Gasteiger partial charge in [0.05, 0.1) is 5.69 Å². The number of rotatable bonds is 2. The van der Waals surface area contributed by atoms with E-state index in [1.165, 1.54) is 0 Å². The van der Waals surface area contributed by atoms with Crippen molar-refractivity contribution >= 4 is 11.3 Å². The van der Waals surface area contributed by atoms with Gasteiger partial charge in [0.25, 0.3) is 0 Å². The van der Waals surface area contributed by atoms with Crippen LogP contribution >= 0.6 is 11.3 Å². The molecule has 0 spiro atoms. The monoisotopic (exact) mass is 281 g/mol. The number of aromatic nitrogens is 1. The van der Waals surface area contributed by atoms with Crippen molar-refractivity contribution in [2.24, 2.45) is 0 Å². The number of nitrogens with zero attached hydrogens (tertiary/aromatic N) is 1. The van der Waals surface area contributed by atoms with Crippen molar-refractivity contribution < 1.29 is 9.47 Å². The summed E-state index contributed by atoms with van der Waals surface area (Å²) in [5.41, 5.74) is 3.19. The standard InChI is InChI=1S/C16H11NO2S/c1-2-4-11(5-3-1)13-9-20-16(17-13)12-6-7-14-15(8-12)19-10-18-14/h1-9H,10H2. The van der Waals surface area contributed by atoms with Gasteiger partial charge in [-0.25, -0.2) is 4.98 Å². The summed E-state index contributed by atoms with van der Waals surface area (Å²) in [6.45, 7) is 0.298. The number of hydrogen-bond acceptors (Lipinski definition) is 4. The maximum Gasteiger partial charge on any atom is 0.231 e. The summed E-state index contributed by atoms with van der Waals surface area (Å²) in [5.74, 6) is 1.59. The Labute approximate surface area is 120 Å². The second kappa shape index (κ2) is 4.65. The van der Waals surface area contributed by atoms with Gasteiger partial charge in [-0.2, -0.15) is 0 Å². The normalized spacial score (nSPS) is 12.6. The van der Waals surface area contributed by atoms with Crippen LogP contribution in [0.15, 0.2) is 53.9 Å². The third kappa shape index (κ3) is 1.94. The van der Waals surface area contributed by atoms with E-state index >= 15 is 0 Å². The van der Waals surface area contributed by atoms with Gasteiger partial charge in [-0.05, 0) is 18.2 Å². The first kappa shape index (κ1) is 11.5. The van der Waals surface area contributed by atoms with Gasteiger partial charge in [0.1, 0.15) is 5.01 Å². The first-order valence-electron chi connectivity index (χ1n) is 6.31. The molecule has 2 heterocycles. The Morgan fingerprint density at radius 3 is 2.65 bits per heavy atom. The largest absolute Gasteiger partial charge is 0.454 e. The van der Waals surface area contributed by atoms with E-state index in [0.717, 1.165) is 33.3 Å². The summed E-state index contributed by atoms with van der Waals surface area (Å²) in [6, 6.07) is 16.1. The van der Waals surface area contributed by atoms with Crippen molar-refractivity contribution in [3.8, 4) is 33.3 Å². The molecule has 1 aromatic heterocycles. The summed E-state index contributed by atoms with van der Waals surface area (Å²) in [4.78, 5) is 4.70. The van der Waals surface area contributed by atoms with E-state index in [2.05, 4.69) is 17.5 Å². The van der Waals surface area contributed by atoms with Crippen molar-refractivity contribution in [1.82, 2.24) is 4.98 Å². The lowest BCUT2D eigenvalue weighted by Crippen LogP contribution is -1.92. The molecule has 3 nitrogen and oxygen atoms in total. The summed E-state index contributed by atoms with van der Waals surface area (Å²) in [6.07, 6.45) is 0. The molecular weight excluding hydrogens is 270 g/mol. The second-order valence-corrected chi connectivity index (χ2v) is 5.33. The van der Waals surface area contributed by atoms with Crippen LogP contribution in [0.3, 0.4) is 0 Å². The first-order chi connectivity index (χ1) is 9.90. The van der Waals surface area contributed by atoms with E-state index < -0.39 is 0 Å². The summed E-state index contributed by atoms with van der Waals surface area (Å²) in [7, 11) is 0. The molecule has 1 aliphatic heterocycles. The Bertz CT molecular complexity index is 752. The Morgan fingerprint density at radius 1 is 0.900 bits per heavy atom. The van der Waals surface area contributed by atoms with Crippen molar-refractivity contribution in [2.45, 2.75) is 0 Å². The molecule has 3 aromatic rings. The lowest BCUT2D eigenvalue weighted by Gasteiger charge is -1.99. The zero-order chi connectivity index (χ0) is 13.4. The van der Waals surface area contributed by atoms with Crippen molar-refractivity contribution in [2.75, 3.05) is 6.79 Å².